The molecular formula is C20H23N3O2S. The van der Waals surface area contributed by atoms with E-state index >= 15 is 0 Å². The molecule has 0 saturated heterocycles. The summed E-state index contributed by atoms with van der Waals surface area (Å²) >= 11 is 1.43. The van der Waals surface area contributed by atoms with Crippen LogP contribution in [0.2, 0.25) is 0 Å². The summed E-state index contributed by atoms with van der Waals surface area (Å²) in [5.74, 6) is 1.19. The molecule has 136 valence electrons. The quantitative estimate of drug-likeness (QED) is 0.418. The molecule has 0 amide bonds. The minimum Gasteiger partial charge on any atom is -0.464 e. The Balaban J connectivity index is 1.76. The first-order valence-electron chi connectivity index (χ1n) is 8.75. The third kappa shape index (κ3) is 4.19. The number of nitrogens with zero attached hydrogens (tertiary/aromatic N) is 3. The molecule has 0 spiro atoms. The lowest BCUT2D eigenvalue weighted by Crippen LogP contribution is -2.16. The Bertz CT molecular complexity index is 976. The fourth-order valence-electron chi connectivity index (χ4n) is 2.71. The predicted molar refractivity (Wildman–Crippen MR) is 108 cm³/mol. The van der Waals surface area contributed by atoms with Crippen LogP contribution in [0, 0.1) is 5.92 Å². The summed E-state index contributed by atoms with van der Waals surface area (Å²) < 4.78 is 6.75. The third-order valence-corrected chi connectivity index (χ3v) is 5.08. The molecule has 0 N–H and O–H groups in total. The average molecular weight is 369 g/mol. The van der Waals surface area contributed by atoms with Gasteiger partial charge in [-0.15, -0.1) is 11.3 Å². The average Bonchev–Trinajstić information content (AvgIpc) is 3.25. The van der Waals surface area contributed by atoms with E-state index in [0.717, 1.165) is 24.8 Å². The van der Waals surface area contributed by atoms with E-state index in [4.69, 9.17) is 4.42 Å². The Morgan fingerprint density at radius 1 is 1.46 bits per heavy atom. The van der Waals surface area contributed by atoms with E-state index in [1.54, 1.807) is 12.5 Å². The van der Waals surface area contributed by atoms with Crippen LogP contribution in [-0.2, 0) is 0 Å². The molecule has 1 atom stereocenters. The summed E-state index contributed by atoms with van der Waals surface area (Å²) in [6, 6.07) is 3.65. The number of thiophene rings is 1. The van der Waals surface area contributed by atoms with Crippen molar-refractivity contribution >= 4 is 27.8 Å². The fraction of sp³-hybridized carbons (Fsp3) is 0.350. The first-order valence-corrected chi connectivity index (χ1v) is 9.63. The van der Waals surface area contributed by atoms with E-state index in [-0.39, 0.29) is 5.56 Å². The third-order valence-electron chi connectivity index (χ3n) is 4.19. The summed E-state index contributed by atoms with van der Waals surface area (Å²) in [6.07, 6.45) is 10.2. The summed E-state index contributed by atoms with van der Waals surface area (Å²) in [5.41, 5.74) is 1.95. The topological polar surface area (TPSA) is 60.4 Å². The molecule has 0 aliphatic rings. The fourth-order valence-corrected chi connectivity index (χ4v) is 3.59. The molecular weight excluding hydrogens is 346 g/mol. The molecule has 0 fully saturated rings. The zero-order valence-corrected chi connectivity index (χ0v) is 16.1. The SMILES string of the molecule is CC(C)=CCC[C@H](C)C/C=N\n1cnc2scc(-c3ccco3)c2c1=O. The van der Waals surface area contributed by atoms with Crippen molar-refractivity contribution in [3.63, 3.8) is 0 Å². The Morgan fingerprint density at radius 3 is 3.04 bits per heavy atom. The number of allylic oxidation sites excluding steroid dienone is 2. The highest BCUT2D eigenvalue weighted by Gasteiger charge is 2.14. The lowest BCUT2D eigenvalue weighted by atomic mass is 10.0. The van der Waals surface area contributed by atoms with Gasteiger partial charge in [0.05, 0.1) is 11.6 Å². The molecule has 3 heterocycles. The van der Waals surface area contributed by atoms with Gasteiger partial charge in [-0.2, -0.15) is 9.78 Å². The second kappa shape index (κ2) is 8.27. The highest BCUT2D eigenvalue weighted by molar-refractivity contribution is 7.17. The number of hydrogen-bond donors (Lipinski definition) is 0. The zero-order chi connectivity index (χ0) is 18.5. The maximum Gasteiger partial charge on any atom is 0.283 e. The summed E-state index contributed by atoms with van der Waals surface area (Å²) in [5, 5.41) is 6.77. The molecule has 5 nitrogen and oxygen atoms in total. The van der Waals surface area contributed by atoms with E-state index in [2.05, 4.69) is 36.9 Å². The Labute approximate surface area is 156 Å². The molecule has 0 unspecified atom stereocenters. The minimum atomic E-state index is -0.170. The maximum absolute atomic E-state index is 12.8. The minimum absolute atomic E-state index is 0.170. The number of aromatic nitrogens is 2. The van der Waals surface area contributed by atoms with Gasteiger partial charge in [0.25, 0.3) is 5.56 Å². The lowest BCUT2D eigenvalue weighted by molar-refractivity contribution is 0.561. The smallest absolute Gasteiger partial charge is 0.283 e. The van der Waals surface area contributed by atoms with Crippen molar-refractivity contribution in [2.45, 2.75) is 40.0 Å². The molecule has 3 aromatic heterocycles. The predicted octanol–water partition coefficient (Wildman–Crippen LogP) is 5.32. The summed E-state index contributed by atoms with van der Waals surface area (Å²) in [4.78, 5) is 17.8. The lowest BCUT2D eigenvalue weighted by Gasteiger charge is -2.06. The van der Waals surface area contributed by atoms with Crippen LogP contribution in [0.4, 0.5) is 0 Å². The highest BCUT2D eigenvalue weighted by Crippen LogP contribution is 2.30. The number of rotatable bonds is 7. The number of fused-ring (bicyclic) bond motifs is 1. The molecule has 26 heavy (non-hydrogen) atoms. The highest BCUT2D eigenvalue weighted by atomic mass is 32.1. The molecule has 0 saturated carbocycles. The van der Waals surface area contributed by atoms with Gasteiger partial charge in [0, 0.05) is 17.2 Å². The first kappa shape index (κ1) is 18.3. The van der Waals surface area contributed by atoms with Gasteiger partial charge in [0.2, 0.25) is 0 Å². The van der Waals surface area contributed by atoms with Crippen LogP contribution in [0.1, 0.15) is 40.0 Å². The molecule has 0 bridgehead atoms. The van der Waals surface area contributed by atoms with Gasteiger partial charge in [-0.05, 0) is 51.2 Å². The van der Waals surface area contributed by atoms with Crippen molar-refractivity contribution in [3.05, 3.63) is 52.1 Å². The standard InChI is InChI=1S/C20H23N3O2S/c1-14(2)6-4-7-15(3)9-10-22-23-13-21-19-18(20(23)24)16(12-26-19)17-8-5-11-25-17/h5-6,8,10-13,15H,4,7,9H2,1-3H3/b22-10-/t15-/m0/s1. The summed E-state index contributed by atoms with van der Waals surface area (Å²) in [6.45, 7) is 6.43. The van der Waals surface area contributed by atoms with Gasteiger partial charge in [0.15, 0.2) is 0 Å². The normalized spacial score (nSPS) is 12.7. The van der Waals surface area contributed by atoms with Crippen molar-refractivity contribution in [2.24, 2.45) is 11.0 Å². The largest absolute Gasteiger partial charge is 0.464 e. The Morgan fingerprint density at radius 2 is 2.31 bits per heavy atom. The zero-order valence-electron chi connectivity index (χ0n) is 15.3. The van der Waals surface area contributed by atoms with Crippen LogP contribution < -0.4 is 5.56 Å². The van der Waals surface area contributed by atoms with Gasteiger partial charge >= 0.3 is 0 Å². The molecule has 6 heteroatoms. The van der Waals surface area contributed by atoms with Crippen molar-refractivity contribution in [1.29, 1.82) is 0 Å². The second-order valence-corrected chi connectivity index (χ2v) is 7.56. The van der Waals surface area contributed by atoms with Crippen molar-refractivity contribution < 1.29 is 4.42 Å². The monoisotopic (exact) mass is 369 g/mol. The number of furan rings is 1. The van der Waals surface area contributed by atoms with Crippen LogP contribution in [-0.4, -0.2) is 15.9 Å². The van der Waals surface area contributed by atoms with E-state index in [0.29, 0.717) is 21.9 Å². The van der Waals surface area contributed by atoms with Crippen molar-refractivity contribution in [1.82, 2.24) is 9.66 Å². The van der Waals surface area contributed by atoms with Gasteiger partial charge in [-0.1, -0.05) is 18.6 Å². The molecule has 0 aliphatic carbocycles. The van der Waals surface area contributed by atoms with Crippen LogP contribution >= 0.6 is 11.3 Å². The van der Waals surface area contributed by atoms with Crippen molar-refractivity contribution in [2.75, 3.05) is 0 Å². The van der Waals surface area contributed by atoms with E-state index in [9.17, 15) is 4.79 Å². The first-order chi connectivity index (χ1) is 12.6. The molecule has 3 aromatic rings. The van der Waals surface area contributed by atoms with Gasteiger partial charge in [-0.25, -0.2) is 4.98 Å². The van der Waals surface area contributed by atoms with E-state index in [1.165, 1.54) is 27.9 Å². The van der Waals surface area contributed by atoms with Gasteiger partial charge in [0.1, 0.15) is 16.9 Å². The number of hydrogen-bond acceptors (Lipinski definition) is 5. The van der Waals surface area contributed by atoms with Crippen LogP contribution in [0.15, 0.2) is 56.1 Å². The molecule has 0 aromatic carbocycles. The molecule has 0 aliphatic heterocycles. The van der Waals surface area contributed by atoms with Gasteiger partial charge < -0.3 is 4.42 Å². The Kier molecular flexibility index (Phi) is 5.83. The van der Waals surface area contributed by atoms with Gasteiger partial charge in [-0.3, -0.25) is 4.79 Å². The van der Waals surface area contributed by atoms with Crippen LogP contribution in [0.3, 0.4) is 0 Å². The van der Waals surface area contributed by atoms with Crippen molar-refractivity contribution in [3.8, 4) is 11.3 Å². The van der Waals surface area contributed by atoms with E-state index in [1.807, 2.05) is 17.5 Å². The van der Waals surface area contributed by atoms with Crippen LogP contribution in [0.5, 0.6) is 0 Å². The molecule has 0 radical (unpaired) electrons. The summed E-state index contributed by atoms with van der Waals surface area (Å²) in [7, 11) is 0. The second-order valence-electron chi connectivity index (χ2n) is 6.70. The van der Waals surface area contributed by atoms with Crippen LogP contribution in [0.25, 0.3) is 21.5 Å². The Hall–Kier alpha value is -2.47. The maximum atomic E-state index is 12.8. The van der Waals surface area contributed by atoms with E-state index < -0.39 is 0 Å². The molecule has 3 rings (SSSR count).